The predicted molar refractivity (Wildman–Crippen MR) is 153 cm³/mol. The van der Waals surface area contributed by atoms with Crippen molar-refractivity contribution >= 4 is 34.8 Å². The van der Waals surface area contributed by atoms with Crippen LogP contribution in [0.15, 0.2) is 59.8 Å². The first kappa shape index (κ1) is 28.1. The van der Waals surface area contributed by atoms with Gasteiger partial charge in [0.1, 0.15) is 0 Å². The number of Topliss-reactive ketones (excluding diaryl/α,β-unsaturated/α-hetero) is 1. The molecule has 2 amide bonds. The van der Waals surface area contributed by atoms with Gasteiger partial charge >= 0.3 is 6.09 Å². The van der Waals surface area contributed by atoms with Gasteiger partial charge in [-0.15, -0.1) is 0 Å². The minimum absolute atomic E-state index is 0.0135. The Hall–Kier alpha value is -4.41. The maximum Gasteiger partial charge on any atom is 0.409 e. The fourth-order valence-corrected chi connectivity index (χ4v) is 5.95. The molecule has 216 valence electrons. The van der Waals surface area contributed by atoms with E-state index in [0.29, 0.717) is 50.2 Å². The Labute approximate surface area is 238 Å². The maximum absolute atomic E-state index is 13.8. The Kier molecular flexibility index (Phi) is 7.70. The molecule has 1 aliphatic carbocycles. The van der Waals surface area contributed by atoms with Crippen LogP contribution in [0, 0.1) is 15.5 Å². The fraction of sp³-hybridized carbons (Fsp3) is 0.433. The Morgan fingerprint density at radius 2 is 1.68 bits per heavy atom. The van der Waals surface area contributed by atoms with E-state index in [1.54, 1.807) is 28.9 Å². The minimum Gasteiger partial charge on any atom is -0.450 e. The Morgan fingerprint density at radius 3 is 2.34 bits per heavy atom. The van der Waals surface area contributed by atoms with Crippen LogP contribution in [0.1, 0.15) is 45.2 Å². The highest BCUT2D eigenvalue weighted by Gasteiger charge is 2.42. The van der Waals surface area contributed by atoms with Crippen molar-refractivity contribution in [2.75, 3.05) is 49.5 Å². The lowest BCUT2D eigenvalue weighted by atomic mass is 9.73. The van der Waals surface area contributed by atoms with Crippen molar-refractivity contribution in [3.63, 3.8) is 0 Å². The molecule has 2 heterocycles. The highest BCUT2D eigenvalue weighted by molar-refractivity contribution is 6.02. The van der Waals surface area contributed by atoms with Crippen LogP contribution in [0.3, 0.4) is 0 Å². The number of piperazine rings is 1. The van der Waals surface area contributed by atoms with E-state index in [2.05, 4.69) is 19.2 Å². The molecule has 1 unspecified atom stereocenters. The molecule has 0 spiro atoms. The number of fused-ring (bicyclic) bond motifs is 1. The van der Waals surface area contributed by atoms with Gasteiger partial charge in [-0.1, -0.05) is 26.0 Å². The predicted octanol–water partition coefficient (Wildman–Crippen LogP) is 4.51. The number of nitro groups is 1. The molecule has 11 heteroatoms. The molecule has 1 saturated heterocycles. The molecule has 0 radical (unpaired) electrons. The van der Waals surface area contributed by atoms with Crippen LogP contribution >= 0.6 is 0 Å². The smallest absolute Gasteiger partial charge is 0.409 e. The third kappa shape index (κ3) is 5.75. The van der Waals surface area contributed by atoms with Crippen molar-refractivity contribution in [3.05, 3.63) is 75.5 Å². The van der Waals surface area contributed by atoms with E-state index in [1.165, 1.54) is 12.1 Å². The number of nitrogens with zero attached hydrogens (tertiary/aromatic N) is 4. The number of nitrogens with one attached hydrogen (secondary N) is 1. The Balaban J connectivity index is 1.53. The van der Waals surface area contributed by atoms with Gasteiger partial charge in [-0.05, 0) is 48.6 Å². The molecule has 11 nitrogen and oxygen atoms in total. The van der Waals surface area contributed by atoms with Gasteiger partial charge in [-0.3, -0.25) is 19.7 Å². The number of ether oxygens (including phenoxy) is 1. The van der Waals surface area contributed by atoms with Crippen LogP contribution in [0.5, 0.6) is 0 Å². The summed E-state index contributed by atoms with van der Waals surface area (Å²) >= 11 is 0. The summed E-state index contributed by atoms with van der Waals surface area (Å²) in [5.41, 5.74) is 3.32. The second-order valence-corrected chi connectivity index (χ2v) is 11.4. The number of benzene rings is 2. The third-order valence-electron chi connectivity index (χ3n) is 7.89. The second-order valence-electron chi connectivity index (χ2n) is 11.4. The first-order valence-corrected chi connectivity index (χ1v) is 13.9. The second kappa shape index (κ2) is 11.2. The number of ketones is 1. The zero-order chi connectivity index (χ0) is 29.3. The van der Waals surface area contributed by atoms with Gasteiger partial charge in [0.05, 0.1) is 35.5 Å². The molecular weight excluding hydrogens is 526 g/mol. The normalized spacial score (nSPS) is 20.0. The van der Waals surface area contributed by atoms with Crippen LogP contribution in [-0.2, 0) is 14.3 Å². The number of hydrogen-bond donors (Lipinski definition) is 1. The maximum atomic E-state index is 13.8. The van der Waals surface area contributed by atoms with E-state index in [-0.39, 0.29) is 42.0 Å². The standard InChI is InChI=1S/C30H35N5O6/c1-4-41-29(38)33-15-13-32(14-16-33)26(37)19-34-24-8-6-5-7-22(24)31-23-17-30(2,3)18-25(36)27(23)28(34)20-9-11-21(12-10-20)35(39)40/h5-12,28,31H,4,13-19H2,1-3H3. The molecule has 2 aromatic carbocycles. The molecule has 5 rings (SSSR count). The van der Waals surface area contributed by atoms with Gasteiger partial charge in [0.15, 0.2) is 5.78 Å². The van der Waals surface area contributed by atoms with Gasteiger partial charge in [0.25, 0.3) is 5.69 Å². The van der Waals surface area contributed by atoms with Crippen LogP contribution in [0.25, 0.3) is 0 Å². The number of carbonyl (C=O) groups excluding carboxylic acids is 3. The average molecular weight is 562 g/mol. The van der Waals surface area contributed by atoms with E-state index in [1.807, 2.05) is 29.2 Å². The summed E-state index contributed by atoms with van der Waals surface area (Å²) in [5.74, 6) is -0.150. The molecular formula is C30H35N5O6. The number of hydrogen-bond acceptors (Lipinski definition) is 8. The van der Waals surface area contributed by atoms with E-state index in [0.717, 1.165) is 17.1 Å². The van der Waals surface area contributed by atoms with Crippen LogP contribution < -0.4 is 10.2 Å². The lowest BCUT2D eigenvalue weighted by Gasteiger charge is -2.39. The quantitative estimate of drug-likeness (QED) is 0.418. The topological polar surface area (TPSA) is 125 Å². The molecule has 1 N–H and O–H groups in total. The molecule has 2 aliphatic heterocycles. The van der Waals surface area contributed by atoms with E-state index >= 15 is 0 Å². The monoisotopic (exact) mass is 561 g/mol. The van der Waals surface area contributed by atoms with Crippen molar-refractivity contribution in [1.29, 1.82) is 0 Å². The molecule has 2 aromatic rings. The zero-order valence-electron chi connectivity index (χ0n) is 23.6. The number of para-hydroxylation sites is 2. The van der Waals surface area contributed by atoms with Crippen molar-refractivity contribution in [2.24, 2.45) is 5.41 Å². The average Bonchev–Trinajstić information content (AvgIpc) is 3.07. The largest absolute Gasteiger partial charge is 0.450 e. The van der Waals surface area contributed by atoms with Gasteiger partial charge in [0, 0.05) is 56.0 Å². The fourth-order valence-electron chi connectivity index (χ4n) is 5.95. The number of amides is 2. The molecule has 3 aliphatic rings. The van der Waals surface area contributed by atoms with E-state index in [4.69, 9.17) is 4.74 Å². The molecule has 1 atom stereocenters. The SMILES string of the molecule is CCOC(=O)N1CCN(C(=O)CN2c3ccccc3NC3=C(C(=O)CC(C)(C)C3)C2c2ccc([N+](=O)[O-])cc2)CC1. The number of rotatable bonds is 5. The zero-order valence-corrected chi connectivity index (χ0v) is 23.6. The summed E-state index contributed by atoms with van der Waals surface area (Å²) in [4.78, 5) is 55.9. The van der Waals surface area contributed by atoms with Gasteiger partial charge in [-0.2, -0.15) is 0 Å². The van der Waals surface area contributed by atoms with Gasteiger partial charge in [-0.25, -0.2) is 4.79 Å². The number of anilines is 2. The third-order valence-corrected chi connectivity index (χ3v) is 7.89. The van der Waals surface area contributed by atoms with Crippen molar-refractivity contribution in [3.8, 4) is 0 Å². The number of allylic oxidation sites excluding steroid dienone is 1. The van der Waals surface area contributed by atoms with Crippen LogP contribution in [0.2, 0.25) is 0 Å². The summed E-state index contributed by atoms with van der Waals surface area (Å²) in [6.07, 6.45) is 0.609. The Morgan fingerprint density at radius 1 is 1.02 bits per heavy atom. The van der Waals surface area contributed by atoms with Crippen molar-refractivity contribution < 1.29 is 24.0 Å². The van der Waals surface area contributed by atoms with Gasteiger partial charge in [0.2, 0.25) is 5.91 Å². The summed E-state index contributed by atoms with van der Waals surface area (Å²) in [7, 11) is 0. The van der Waals surface area contributed by atoms with E-state index in [9.17, 15) is 24.5 Å². The summed E-state index contributed by atoms with van der Waals surface area (Å²) in [6, 6.07) is 13.2. The first-order valence-electron chi connectivity index (χ1n) is 13.9. The summed E-state index contributed by atoms with van der Waals surface area (Å²) < 4.78 is 5.10. The molecule has 1 fully saturated rings. The highest BCUT2D eigenvalue weighted by atomic mass is 16.6. The number of non-ortho nitro benzene ring substituents is 1. The summed E-state index contributed by atoms with van der Waals surface area (Å²) in [5, 5.41) is 14.9. The molecule has 41 heavy (non-hydrogen) atoms. The lowest BCUT2D eigenvalue weighted by molar-refractivity contribution is -0.384. The molecule has 0 bridgehead atoms. The lowest BCUT2D eigenvalue weighted by Crippen LogP contribution is -2.53. The van der Waals surface area contributed by atoms with Crippen molar-refractivity contribution in [1.82, 2.24) is 9.80 Å². The minimum atomic E-state index is -0.629. The molecule has 0 aromatic heterocycles. The van der Waals surface area contributed by atoms with Crippen LogP contribution in [-0.4, -0.2) is 71.8 Å². The highest BCUT2D eigenvalue weighted by Crippen LogP contribution is 2.48. The number of carbonyl (C=O) groups is 3. The number of nitro benzene ring substituents is 1. The van der Waals surface area contributed by atoms with E-state index < -0.39 is 11.0 Å². The molecule has 0 saturated carbocycles. The first-order chi connectivity index (χ1) is 19.6. The van der Waals surface area contributed by atoms with Gasteiger partial charge < -0.3 is 24.8 Å². The van der Waals surface area contributed by atoms with Crippen LogP contribution in [0.4, 0.5) is 21.9 Å². The summed E-state index contributed by atoms with van der Waals surface area (Å²) in [6.45, 7) is 7.63. The Bertz CT molecular complexity index is 1390. The van der Waals surface area contributed by atoms with Crippen molar-refractivity contribution in [2.45, 2.75) is 39.7 Å².